The van der Waals surface area contributed by atoms with E-state index >= 15 is 0 Å². The van der Waals surface area contributed by atoms with Gasteiger partial charge in [-0.05, 0) is 37.3 Å². The van der Waals surface area contributed by atoms with Crippen LogP contribution in [0, 0.1) is 17.6 Å². The summed E-state index contributed by atoms with van der Waals surface area (Å²) in [5.74, 6) is 0.0691. The first-order chi connectivity index (χ1) is 14.9. The Morgan fingerprint density at radius 1 is 1.10 bits per heavy atom. The number of anilines is 3. The van der Waals surface area contributed by atoms with E-state index in [1.54, 1.807) is 61.1 Å². The predicted molar refractivity (Wildman–Crippen MR) is 112 cm³/mol. The Balaban J connectivity index is 1.81. The number of hydrogen-bond donors (Lipinski definition) is 2. The highest BCUT2D eigenvalue weighted by Gasteiger charge is 2.21. The van der Waals surface area contributed by atoms with E-state index in [0.717, 1.165) is 0 Å². The van der Waals surface area contributed by atoms with E-state index in [1.165, 1.54) is 7.11 Å². The molecule has 3 N–H and O–H groups in total. The van der Waals surface area contributed by atoms with Crippen molar-refractivity contribution in [3.8, 4) is 11.7 Å². The van der Waals surface area contributed by atoms with Crippen LogP contribution in [0.2, 0.25) is 0 Å². The third-order valence-corrected chi connectivity index (χ3v) is 4.60. The van der Waals surface area contributed by atoms with Crippen LogP contribution in [0.15, 0.2) is 42.5 Å². The van der Waals surface area contributed by atoms with Gasteiger partial charge in [0, 0.05) is 17.8 Å². The number of aromatic nitrogens is 4. The molecule has 31 heavy (non-hydrogen) atoms. The molecule has 10 nitrogen and oxygen atoms in total. The maximum Gasteiger partial charge on any atom is 0.319 e. The number of ether oxygens (including phenoxy) is 1. The van der Waals surface area contributed by atoms with E-state index in [1.807, 2.05) is 0 Å². The summed E-state index contributed by atoms with van der Waals surface area (Å²) in [5, 5.41) is 2.90. The molecule has 2 aromatic carbocycles. The molecule has 0 aliphatic heterocycles. The first kappa shape index (κ1) is 20.0. The third-order valence-electron chi connectivity index (χ3n) is 4.60. The number of nitrogens with two attached hydrogens (primary N) is 1. The van der Waals surface area contributed by atoms with Crippen molar-refractivity contribution in [2.24, 2.45) is 0 Å². The summed E-state index contributed by atoms with van der Waals surface area (Å²) >= 11 is 0. The van der Waals surface area contributed by atoms with E-state index in [0.29, 0.717) is 33.2 Å². The van der Waals surface area contributed by atoms with Crippen molar-refractivity contribution >= 4 is 34.0 Å². The van der Waals surface area contributed by atoms with Crippen molar-refractivity contribution < 1.29 is 18.9 Å². The summed E-state index contributed by atoms with van der Waals surface area (Å²) < 4.78 is 21.4. The monoisotopic (exact) mass is 424 g/mol. The van der Waals surface area contributed by atoms with Gasteiger partial charge in [0.15, 0.2) is 18.7 Å². The highest BCUT2D eigenvalue weighted by atomic mass is 19.1. The number of imidazole rings is 1. The predicted octanol–water partition coefficient (Wildman–Crippen LogP) is 3.57. The minimum absolute atomic E-state index is 0.0990. The lowest BCUT2D eigenvalue weighted by atomic mass is 10.3. The Labute approximate surface area is 176 Å². The summed E-state index contributed by atoms with van der Waals surface area (Å²) in [6, 6.07) is 11.7. The highest BCUT2D eigenvalue weighted by Crippen LogP contribution is 2.28. The zero-order valence-corrected chi connectivity index (χ0v) is 17.0. The molecule has 2 aromatic heterocycles. The van der Waals surface area contributed by atoms with Gasteiger partial charge in [-0.25, -0.2) is 9.82 Å². The van der Waals surface area contributed by atoms with Gasteiger partial charge >= 0.3 is 5.69 Å². The largest absolute Gasteiger partial charge is 0.497 e. The fraction of sp³-hybridized carbons (Fsp3) is 0.150. The Bertz CT molecular complexity index is 1290. The van der Waals surface area contributed by atoms with Crippen molar-refractivity contribution in [1.82, 2.24) is 19.5 Å². The van der Waals surface area contributed by atoms with Crippen LogP contribution < -0.4 is 15.8 Å². The molecule has 11 heteroatoms. The second-order valence-corrected chi connectivity index (χ2v) is 6.53. The van der Waals surface area contributed by atoms with Gasteiger partial charge in [-0.1, -0.05) is 0 Å². The lowest BCUT2D eigenvalue weighted by molar-refractivity contribution is -0.736. The maximum absolute atomic E-state index is 14.7. The van der Waals surface area contributed by atoms with Crippen LogP contribution >= 0.6 is 0 Å². The molecule has 4 rings (SSSR count). The number of fused-ring (bicyclic) bond motifs is 1. The van der Waals surface area contributed by atoms with E-state index < -0.39 is 5.82 Å². The number of nitrogen functional groups attached to an aromatic ring is 1. The normalized spacial score (nSPS) is 10.8. The summed E-state index contributed by atoms with van der Waals surface area (Å²) in [6.45, 7) is 1.74. The molecule has 0 aliphatic carbocycles. The van der Waals surface area contributed by atoms with Crippen molar-refractivity contribution in [2.45, 2.75) is 6.92 Å². The SMILES string of the molecule is COc1ccc(Nc2nc(-n3c(C)nc4ccc([N+](=O)OC)cc43)nc(N)c2F)cc1. The molecule has 0 amide bonds. The van der Waals surface area contributed by atoms with E-state index in [-0.39, 0.29) is 23.3 Å². The molecule has 0 atom stereocenters. The molecular weight excluding hydrogens is 405 g/mol. The number of rotatable bonds is 6. The van der Waals surface area contributed by atoms with Crippen LogP contribution in [0.5, 0.6) is 5.75 Å². The zero-order valence-electron chi connectivity index (χ0n) is 17.0. The lowest BCUT2D eigenvalue weighted by Crippen LogP contribution is -2.11. The van der Waals surface area contributed by atoms with Crippen molar-refractivity contribution in [3.63, 3.8) is 0 Å². The number of halogens is 1. The average Bonchev–Trinajstić information content (AvgIpc) is 3.11. The average molecular weight is 424 g/mol. The summed E-state index contributed by atoms with van der Waals surface area (Å²) in [7, 11) is 2.82. The Hall–Kier alpha value is -4.28. The fourth-order valence-corrected chi connectivity index (χ4v) is 3.10. The van der Waals surface area contributed by atoms with Crippen LogP contribution in [0.4, 0.5) is 27.4 Å². The number of nitrogens with one attached hydrogen (secondary N) is 1. The molecule has 0 spiro atoms. The van der Waals surface area contributed by atoms with Gasteiger partial charge in [0.2, 0.25) is 11.8 Å². The maximum atomic E-state index is 14.7. The van der Waals surface area contributed by atoms with Gasteiger partial charge in [0.05, 0.1) is 23.1 Å². The molecule has 0 radical (unpaired) electrons. The molecule has 0 aliphatic rings. The molecule has 0 bridgehead atoms. The van der Waals surface area contributed by atoms with Gasteiger partial charge in [0.25, 0.3) is 4.92 Å². The Kier molecular flexibility index (Phi) is 5.07. The second-order valence-electron chi connectivity index (χ2n) is 6.53. The second kappa shape index (κ2) is 7.86. The highest BCUT2D eigenvalue weighted by molar-refractivity contribution is 5.80. The molecule has 0 fully saturated rings. The fourth-order valence-electron chi connectivity index (χ4n) is 3.10. The first-order valence-electron chi connectivity index (χ1n) is 9.16. The molecule has 0 saturated heterocycles. The van der Waals surface area contributed by atoms with Crippen molar-refractivity contribution in [1.29, 1.82) is 0 Å². The van der Waals surface area contributed by atoms with Gasteiger partial charge < -0.3 is 15.8 Å². The standard InChI is InChI=1S/C20H19FN7O3/c1-11-23-15-9-6-13(28(29)31-3)10-16(15)27(11)20-25-18(22)17(21)19(26-20)24-12-4-7-14(30-2)8-5-12/h4-10H,1-3H3,(H3,22,24,25,26)/q+1. The van der Waals surface area contributed by atoms with Crippen LogP contribution in [0.1, 0.15) is 5.82 Å². The molecular formula is C20H19FN7O3+. The summed E-state index contributed by atoms with van der Waals surface area (Å²) in [6.07, 6.45) is 0. The van der Waals surface area contributed by atoms with Crippen LogP contribution in [-0.4, -0.2) is 38.7 Å². The number of methoxy groups -OCH3 is 1. The minimum Gasteiger partial charge on any atom is -0.497 e. The van der Waals surface area contributed by atoms with E-state index in [2.05, 4.69) is 20.3 Å². The minimum atomic E-state index is -0.785. The molecule has 4 aromatic rings. The van der Waals surface area contributed by atoms with Gasteiger partial charge in [-0.15, -0.1) is 0 Å². The van der Waals surface area contributed by atoms with Crippen LogP contribution in [-0.2, 0) is 4.84 Å². The Morgan fingerprint density at radius 3 is 2.52 bits per heavy atom. The van der Waals surface area contributed by atoms with Crippen molar-refractivity contribution in [3.05, 3.63) is 59.0 Å². The number of hydrogen-bond acceptors (Lipinski definition) is 8. The molecule has 0 saturated carbocycles. The van der Waals surface area contributed by atoms with Crippen molar-refractivity contribution in [2.75, 3.05) is 25.3 Å². The number of benzene rings is 2. The smallest absolute Gasteiger partial charge is 0.319 e. The van der Waals surface area contributed by atoms with Gasteiger partial charge in [0.1, 0.15) is 11.6 Å². The third kappa shape index (κ3) is 3.68. The van der Waals surface area contributed by atoms with Crippen LogP contribution in [0.3, 0.4) is 0 Å². The molecule has 158 valence electrons. The van der Waals surface area contributed by atoms with Gasteiger partial charge in [-0.3, -0.25) is 4.57 Å². The van der Waals surface area contributed by atoms with E-state index in [9.17, 15) is 9.30 Å². The first-order valence-corrected chi connectivity index (χ1v) is 9.16. The number of nitrogens with zero attached hydrogens (tertiary/aromatic N) is 5. The quantitative estimate of drug-likeness (QED) is 0.451. The zero-order chi connectivity index (χ0) is 22.1. The summed E-state index contributed by atoms with van der Waals surface area (Å²) in [4.78, 5) is 29.8. The van der Waals surface area contributed by atoms with E-state index in [4.69, 9.17) is 15.3 Å². The molecule has 2 heterocycles. The lowest BCUT2D eigenvalue weighted by Gasteiger charge is -2.12. The van der Waals surface area contributed by atoms with Crippen LogP contribution in [0.25, 0.3) is 17.0 Å². The molecule has 0 unspecified atom stereocenters. The summed E-state index contributed by atoms with van der Waals surface area (Å²) in [5.41, 5.74) is 7.79. The topological polar surface area (TPSA) is 120 Å². The Morgan fingerprint density at radius 2 is 1.84 bits per heavy atom. The number of aryl methyl sites for hydroxylation is 1. The van der Waals surface area contributed by atoms with Gasteiger partial charge in [-0.2, -0.15) is 14.4 Å².